The Kier molecular flexibility index (Phi) is 3.42. The fourth-order valence-corrected chi connectivity index (χ4v) is 2.32. The third-order valence-corrected chi connectivity index (χ3v) is 3.36. The van der Waals surface area contributed by atoms with Crippen LogP contribution in [0.1, 0.15) is 32.9 Å². The Morgan fingerprint density at radius 2 is 1.89 bits per heavy atom. The van der Waals surface area contributed by atoms with Crippen LogP contribution in [0.4, 0.5) is 5.69 Å². The predicted molar refractivity (Wildman–Crippen MR) is 76.7 cm³/mol. The lowest BCUT2D eigenvalue weighted by Crippen LogP contribution is -2.27. The summed E-state index contributed by atoms with van der Waals surface area (Å²) < 4.78 is 0. The minimum atomic E-state index is -0.0318. The van der Waals surface area contributed by atoms with Gasteiger partial charge in [-0.05, 0) is 39.3 Å². The van der Waals surface area contributed by atoms with Crippen molar-refractivity contribution in [2.45, 2.75) is 27.7 Å². The van der Waals surface area contributed by atoms with Crippen LogP contribution in [0.3, 0.4) is 0 Å². The highest BCUT2D eigenvalue weighted by Crippen LogP contribution is 2.23. The monoisotopic (exact) mass is 257 g/mol. The summed E-state index contributed by atoms with van der Waals surface area (Å²) in [5.74, 6) is -0.0318. The molecular formula is C15H19N3O. The predicted octanol–water partition coefficient (Wildman–Crippen LogP) is 2.92. The van der Waals surface area contributed by atoms with Gasteiger partial charge in [-0.3, -0.25) is 9.89 Å². The zero-order valence-corrected chi connectivity index (χ0v) is 12.0. The maximum absolute atomic E-state index is 12.6. The fourth-order valence-electron chi connectivity index (χ4n) is 2.32. The molecule has 1 amide bonds. The van der Waals surface area contributed by atoms with Crippen LogP contribution in [0.5, 0.6) is 0 Å². The highest BCUT2D eigenvalue weighted by Gasteiger charge is 2.21. The first-order valence-corrected chi connectivity index (χ1v) is 6.28. The number of H-pyrrole nitrogens is 1. The Morgan fingerprint density at radius 1 is 1.21 bits per heavy atom. The van der Waals surface area contributed by atoms with Gasteiger partial charge in [0, 0.05) is 18.4 Å². The number of hydrogen-bond acceptors (Lipinski definition) is 2. The normalized spacial score (nSPS) is 10.6. The second-order valence-corrected chi connectivity index (χ2v) is 4.96. The van der Waals surface area contributed by atoms with E-state index in [-0.39, 0.29) is 5.91 Å². The Hall–Kier alpha value is -2.10. The van der Waals surface area contributed by atoms with E-state index in [2.05, 4.69) is 16.3 Å². The number of aromatic amines is 1. The molecule has 0 radical (unpaired) electrons. The van der Waals surface area contributed by atoms with Gasteiger partial charge < -0.3 is 4.90 Å². The van der Waals surface area contributed by atoms with Gasteiger partial charge in [0.05, 0.1) is 11.3 Å². The summed E-state index contributed by atoms with van der Waals surface area (Å²) in [6.45, 7) is 7.76. The van der Waals surface area contributed by atoms with Crippen LogP contribution in [0.2, 0.25) is 0 Å². The highest BCUT2D eigenvalue weighted by atomic mass is 16.2. The molecule has 0 unspecified atom stereocenters. The Balaban J connectivity index is 2.39. The molecule has 19 heavy (non-hydrogen) atoms. The third kappa shape index (κ3) is 2.38. The Morgan fingerprint density at radius 3 is 2.42 bits per heavy atom. The fraction of sp³-hybridized carbons (Fsp3) is 0.333. The SMILES string of the molecule is Cc1ccc(N(C)C(=O)c2c(C)n[nH]c2C)c(C)c1. The van der Waals surface area contributed by atoms with Crippen LogP contribution >= 0.6 is 0 Å². The Bertz CT molecular complexity index is 609. The van der Waals surface area contributed by atoms with E-state index in [0.29, 0.717) is 5.56 Å². The molecule has 100 valence electrons. The van der Waals surface area contributed by atoms with E-state index < -0.39 is 0 Å². The molecule has 0 fully saturated rings. The molecule has 0 saturated carbocycles. The van der Waals surface area contributed by atoms with Crippen molar-refractivity contribution in [2.24, 2.45) is 0 Å². The van der Waals surface area contributed by atoms with Crippen LogP contribution in [-0.4, -0.2) is 23.2 Å². The first-order chi connectivity index (χ1) is 8.91. The zero-order valence-electron chi connectivity index (χ0n) is 12.0. The summed E-state index contributed by atoms with van der Waals surface area (Å²) >= 11 is 0. The summed E-state index contributed by atoms with van der Waals surface area (Å²) in [5.41, 5.74) is 5.41. The van der Waals surface area contributed by atoms with Crippen molar-refractivity contribution in [1.82, 2.24) is 10.2 Å². The average Bonchev–Trinajstić information content (AvgIpc) is 2.67. The number of carbonyl (C=O) groups excluding carboxylic acids is 1. The lowest BCUT2D eigenvalue weighted by Gasteiger charge is -2.20. The van der Waals surface area contributed by atoms with Crippen LogP contribution in [0, 0.1) is 27.7 Å². The topological polar surface area (TPSA) is 49.0 Å². The lowest BCUT2D eigenvalue weighted by atomic mass is 10.1. The quantitative estimate of drug-likeness (QED) is 0.899. The number of hydrogen-bond donors (Lipinski definition) is 1. The molecule has 0 aliphatic carbocycles. The molecule has 0 aliphatic heterocycles. The van der Waals surface area contributed by atoms with E-state index in [0.717, 1.165) is 22.6 Å². The molecule has 0 spiro atoms. The van der Waals surface area contributed by atoms with Gasteiger partial charge >= 0.3 is 0 Å². The van der Waals surface area contributed by atoms with Gasteiger partial charge in [0.1, 0.15) is 0 Å². The lowest BCUT2D eigenvalue weighted by molar-refractivity contribution is 0.0992. The first-order valence-electron chi connectivity index (χ1n) is 6.28. The van der Waals surface area contributed by atoms with Gasteiger partial charge in [0.25, 0.3) is 5.91 Å². The summed E-state index contributed by atoms with van der Waals surface area (Å²) in [6, 6.07) is 6.07. The molecule has 0 bridgehead atoms. The van der Waals surface area contributed by atoms with Gasteiger partial charge in [-0.25, -0.2) is 0 Å². The number of benzene rings is 1. The molecule has 0 saturated heterocycles. The van der Waals surface area contributed by atoms with Gasteiger partial charge in [-0.1, -0.05) is 17.7 Å². The summed E-state index contributed by atoms with van der Waals surface area (Å²) in [6.07, 6.45) is 0. The van der Waals surface area contributed by atoms with Crippen LogP contribution in [0.15, 0.2) is 18.2 Å². The van der Waals surface area contributed by atoms with E-state index in [1.165, 1.54) is 5.56 Å². The van der Waals surface area contributed by atoms with Gasteiger partial charge in [0.2, 0.25) is 0 Å². The summed E-state index contributed by atoms with van der Waals surface area (Å²) in [5, 5.41) is 6.93. The van der Waals surface area contributed by atoms with Gasteiger partial charge in [-0.15, -0.1) is 0 Å². The van der Waals surface area contributed by atoms with Crippen molar-refractivity contribution in [1.29, 1.82) is 0 Å². The smallest absolute Gasteiger partial charge is 0.261 e. The van der Waals surface area contributed by atoms with E-state index in [1.54, 1.807) is 11.9 Å². The number of aromatic nitrogens is 2. The molecule has 0 aliphatic rings. The average molecular weight is 257 g/mol. The van der Waals surface area contributed by atoms with E-state index in [1.807, 2.05) is 39.8 Å². The van der Waals surface area contributed by atoms with Crippen LogP contribution < -0.4 is 4.90 Å². The van der Waals surface area contributed by atoms with E-state index in [4.69, 9.17) is 0 Å². The number of aryl methyl sites for hydroxylation is 4. The highest BCUT2D eigenvalue weighted by molar-refractivity contribution is 6.07. The third-order valence-electron chi connectivity index (χ3n) is 3.36. The van der Waals surface area contributed by atoms with Crippen molar-refractivity contribution in [3.8, 4) is 0 Å². The molecule has 4 nitrogen and oxygen atoms in total. The molecule has 1 heterocycles. The molecule has 2 rings (SSSR count). The molecule has 2 aromatic rings. The second-order valence-electron chi connectivity index (χ2n) is 4.96. The van der Waals surface area contributed by atoms with Crippen molar-refractivity contribution in [3.63, 3.8) is 0 Å². The van der Waals surface area contributed by atoms with Gasteiger partial charge in [0.15, 0.2) is 0 Å². The molecule has 4 heteroatoms. The van der Waals surface area contributed by atoms with Crippen molar-refractivity contribution in [2.75, 3.05) is 11.9 Å². The number of nitrogens with one attached hydrogen (secondary N) is 1. The van der Waals surface area contributed by atoms with Crippen molar-refractivity contribution in [3.05, 3.63) is 46.3 Å². The number of amides is 1. The van der Waals surface area contributed by atoms with Crippen molar-refractivity contribution < 1.29 is 4.79 Å². The minimum Gasteiger partial charge on any atom is -0.311 e. The van der Waals surface area contributed by atoms with Crippen LogP contribution in [0.25, 0.3) is 0 Å². The molecule has 1 aromatic heterocycles. The molecule has 0 atom stereocenters. The molecular weight excluding hydrogens is 238 g/mol. The summed E-state index contributed by atoms with van der Waals surface area (Å²) in [4.78, 5) is 14.2. The van der Waals surface area contributed by atoms with Crippen molar-refractivity contribution >= 4 is 11.6 Å². The summed E-state index contributed by atoms with van der Waals surface area (Å²) in [7, 11) is 1.80. The van der Waals surface area contributed by atoms with E-state index in [9.17, 15) is 4.79 Å². The largest absolute Gasteiger partial charge is 0.311 e. The van der Waals surface area contributed by atoms with E-state index >= 15 is 0 Å². The minimum absolute atomic E-state index is 0.0318. The maximum Gasteiger partial charge on any atom is 0.261 e. The zero-order chi connectivity index (χ0) is 14.2. The van der Waals surface area contributed by atoms with Gasteiger partial charge in [-0.2, -0.15) is 5.10 Å². The molecule has 1 aromatic carbocycles. The Labute approximate surface area is 113 Å². The standard InChI is InChI=1S/C15H19N3O/c1-9-6-7-13(10(2)8-9)18(5)15(19)14-11(3)16-17-12(14)4/h6-8H,1-5H3,(H,16,17). The number of nitrogens with zero attached hydrogens (tertiary/aromatic N) is 2. The first kappa shape index (κ1) is 13.3. The molecule has 1 N–H and O–H groups in total. The maximum atomic E-state index is 12.6. The number of rotatable bonds is 2. The number of anilines is 1. The second kappa shape index (κ2) is 4.88. The van der Waals surface area contributed by atoms with Crippen LogP contribution in [-0.2, 0) is 0 Å². The number of carbonyl (C=O) groups is 1.